The van der Waals surface area contributed by atoms with Gasteiger partial charge in [0.2, 0.25) is 0 Å². The minimum Gasteiger partial charge on any atom is -0.446 e. The quantitative estimate of drug-likeness (QED) is 0.784. The van der Waals surface area contributed by atoms with Gasteiger partial charge in [0, 0.05) is 0 Å². The number of halogens is 3. The van der Waals surface area contributed by atoms with Gasteiger partial charge in [-0.3, -0.25) is 0 Å². The highest BCUT2D eigenvalue weighted by Gasteiger charge is 2.37. The zero-order valence-electron chi connectivity index (χ0n) is 8.43. The van der Waals surface area contributed by atoms with Gasteiger partial charge in [-0.15, -0.1) is 0 Å². The number of ether oxygens (including phenoxy) is 1. The monoisotopic (exact) mass is 225 g/mol. The topological polar surface area (TPSA) is 38.3 Å². The maximum absolute atomic E-state index is 12.1. The number of nitrogens with one attached hydrogen (secondary N) is 1. The van der Waals surface area contributed by atoms with Crippen LogP contribution >= 0.6 is 0 Å². The molecule has 0 spiro atoms. The van der Waals surface area contributed by atoms with E-state index in [0.29, 0.717) is 0 Å². The summed E-state index contributed by atoms with van der Waals surface area (Å²) in [5, 5.41) is 1.76. The van der Waals surface area contributed by atoms with Gasteiger partial charge in [-0.05, 0) is 32.6 Å². The van der Waals surface area contributed by atoms with Crippen molar-refractivity contribution in [3.8, 4) is 0 Å². The molecule has 88 valence electrons. The lowest BCUT2D eigenvalue weighted by molar-refractivity contribution is -0.150. The molecule has 1 N–H and O–H groups in total. The fourth-order valence-electron chi connectivity index (χ4n) is 1.45. The van der Waals surface area contributed by atoms with E-state index < -0.39 is 18.3 Å². The lowest BCUT2D eigenvalue weighted by Crippen LogP contribution is -2.44. The number of carbonyl (C=O) groups is 1. The van der Waals surface area contributed by atoms with Crippen molar-refractivity contribution >= 4 is 6.09 Å². The predicted octanol–water partition coefficient (Wildman–Crippen LogP) is 2.61. The van der Waals surface area contributed by atoms with Gasteiger partial charge in [-0.1, -0.05) is 0 Å². The summed E-state index contributed by atoms with van der Waals surface area (Å²) in [7, 11) is 0. The van der Waals surface area contributed by atoms with E-state index in [4.69, 9.17) is 4.74 Å². The molecular formula is C9H14F3NO2. The van der Waals surface area contributed by atoms with Gasteiger partial charge in [0.15, 0.2) is 0 Å². The zero-order chi connectivity index (χ0) is 11.5. The highest BCUT2D eigenvalue weighted by molar-refractivity contribution is 5.67. The minimum absolute atomic E-state index is 0.217. The molecule has 1 unspecified atom stereocenters. The van der Waals surface area contributed by atoms with E-state index in [1.165, 1.54) is 0 Å². The van der Waals surface area contributed by atoms with Gasteiger partial charge in [-0.2, -0.15) is 13.2 Å². The van der Waals surface area contributed by atoms with Gasteiger partial charge in [-0.25, -0.2) is 4.79 Å². The standard InChI is InChI=1S/C9H14F3NO2/c1-6(9(10,11)12)13-8(14)15-7-4-2-3-5-7/h6-7H,2-5H2,1H3,(H,13,14). The van der Waals surface area contributed by atoms with Crippen LogP contribution in [0.3, 0.4) is 0 Å². The first-order valence-electron chi connectivity index (χ1n) is 4.93. The average Bonchev–Trinajstić information content (AvgIpc) is 2.54. The third-order valence-electron chi connectivity index (χ3n) is 2.40. The number of alkyl halides is 3. The Morgan fingerprint density at radius 2 is 1.93 bits per heavy atom. The highest BCUT2D eigenvalue weighted by atomic mass is 19.4. The summed E-state index contributed by atoms with van der Waals surface area (Å²) in [6.07, 6.45) is -2.20. The molecule has 0 aromatic heterocycles. The first-order chi connectivity index (χ1) is 6.89. The average molecular weight is 225 g/mol. The summed E-state index contributed by atoms with van der Waals surface area (Å²) < 4.78 is 41.0. The molecule has 1 atom stereocenters. The molecule has 1 amide bonds. The summed E-state index contributed by atoms with van der Waals surface area (Å²) in [5.74, 6) is 0. The van der Waals surface area contributed by atoms with Crippen LogP contribution < -0.4 is 5.32 Å². The van der Waals surface area contributed by atoms with E-state index in [9.17, 15) is 18.0 Å². The van der Waals surface area contributed by atoms with Crippen molar-refractivity contribution < 1.29 is 22.7 Å². The van der Waals surface area contributed by atoms with E-state index in [1.54, 1.807) is 5.32 Å². The molecule has 0 radical (unpaired) electrons. The van der Waals surface area contributed by atoms with Gasteiger partial charge in [0.25, 0.3) is 0 Å². The molecule has 1 rings (SSSR count). The summed E-state index contributed by atoms with van der Waals surface area (Å²) in [4.78, 5) is 11.0. The first-order valence-corrected chi connectivity index (χ1v) is 4.93. The molecule has 0 aliphatic heterocycles. The third kappa shape index (κ3) is 3.97. The van der Waals surface area contributed by atoms with Crippen LogP contribution in [-0.4, -0.2) is 24.4 Å². The Morgan fingerprint density at radius 3 is 2.40 bits per heavy atom. The largest absolute Gasteiger partial charge is 0.446 e. The van der Waals surface area contributed by atoms with Crippen LogP contribution in [0.15, 0.2) is 0 Å². The Bertz CT molecular complexity index is 224. The fourth-order valence-corrected chi connectivity index (χ4v) is 1.45. The molecule has 0 saturated heterocycles. The Hall–Kier alpha value is -0.940. The number of alkyl carbamates (subject to hydrolysis) is 1. The van der Waals surface area contributed by atoms with Crippen molar-refractivity contribution in [2.75, 3.05) is 0 Å². The number of hydrogen-bond donors (Lipinski definition) is 1. The first kappa shape index (κ1) is 12.1. The lowest BCUT2D eigenvalue weighted by Gasteiger charge is -2.18. The second-order valence-electron chi connectivity index (χ2n) is 3.72. The van der Waals surface area contributed by atoms with E-state index in [2.05, 4.69) is 0 Å². The molecule has 15 heavy (non-hydrogen) atoms. The van der Waals surface area contributed by atoms with Gasteiger partial charge in [0.05, 0.1) is 0 Å². The van der Waals surface area contributed by atoms with Gasteiger partial charge in [0.1, 0.15) is 12.1 Å². The van der Waals surface area contributed by atoms with Crippen molar-refractivity contribution in [3.63, 3.8) is 0 Å². The Kier molecular flexibility index (Phi) is 3.82. The van der Waals surface area contributed by atoms with Crippen molar-refractivity contribution in [2.45, 2.75) is 50.9 Å². The maximum Gasteiger partial charge on any atom is 0.408 e. The van der Waals surface area contributed by atoms with E-state index >= 15 is 0 Å². The molecule has 1 saturated carbocycles. The minimum atomic E-state index is -4.42. The van der Waals surface area contributed by atoms with Crippen LogP contribution in [0.1, 0.15) is 32.6 Å². The fraction of sp³-hybridized carbons (Fsp3) is 0.889. The number of carbonyl (C=O) groups excluding carboxylic acids is 1. The second kappa shape index (κ2) is 4.72. The highest BCUT2D eigenvalue weighted by Crippen LogP contribution is 2.22. The molecule has 1 aliphatic carbocycles. The van der Waals surface area contributed by atoms with E-state index in [0.717, 1.165) is 32.6 Å². The Morgan fingerprint density at radius 1 is 1.40 bits per heavy atom. The van der Waals surface area contributed by atoms with E-state index in [-0.39, 0.29) is 6.10 Å². The summed E-state index contributed by atoms with van der Waals surface area (Å²) >= 11 is 0. The van der Waals surface area contributed by atoms with Crippen molar-refractivity contribution in [2.24, 2.45) is 0 Å². The third-order valence-corrected chi connectivity index (χ3v) is 2.40. The second-order valence-corrected chi connectivity index (χ2v) is 3.72. The molecule has 0 aromatic rings. The molecule has 1 aliphatic rings. The number of hydrogen-bond acceptors (Lipinski definition) is 2. The molecule has 1 fully saturated rings. The van der Waals surface area contributed by atoms with Crippen molar-refractivity contribution in [3.05, 3.63) is 0 Å². The number of amides is 1. The van der Waals surface area contributed by atoms with Crippen LogP contribution in [0.4, 0.5) is 18.0 Å². The summed E-state index contributed by atoms with van der Waals surface area (Å²) in [5.41, 5.74) is 0. The van der Waals surface area contributed by atoms with Crippen molar-refractivity contribution in [1.29, 1.82) is 0 Å². The maximum atomic E-state index is 12.1. The number of rotatable bonds is 2. The normalized spacial score (nSPS) is 20.0. The van der Waals surface area contributed by atoms with E-state index in [1.807, 2.05) is 0 Å². The van der Waals surface area contributed by atoms with Crippen LogP contribution in [0, 0.1) is 0 Å². The Labute approximate surface area is 86.0 Å². The van der Waals surface area contributed by atoms with Crippen LogP contribution in [0.5, 0.6) is 0 Å². The molecule has 6 heteroatoms. The lowest BCUT2D eigenvalue weighted by atomic mass is 10.3. The molecule has 0 heterocycles. The zero-order valence-corrected chi connectivity index (χ0v) is 8.43. The summed E-state index contributed by atoms with van der Waals surface area (Å²) in [6, 6.07) is -1.87. The van der Waals surface area contributed by atoms with Crippen LogP contribution in [-0.2, 0) is 4.74 Å². The predicted molar refractivity (Wildman–Crippen MR) is 47.4 cm³/mol. The van der Waals surface area contributed by atoms with Crippen molar-refractivity contribution in [1.82, 2.24) is 5.32 Å². The van der Waals surface area contributed by atoms with Gasteiger partial charge < -0.3 is 10.1 Å². The summed E-state index contributed by atoms with van der Waals surface area (Å²) in [6.45, 7) is 0.885. The smallest absolute Gasteiger partial charge is 0.408 e. The Balaban J connectivity index is 2.29. The molecule has 0 bridgehead atoms. The van der Waals surface area contributed by atoms with Crippen LogP contribution in [0.25, 0.3) is 0 Å². The van der Waals surface area contributed by atoms with Gasteiger partial charge >= 0.3 is 12.3 Å². The van der Waals surface area contributed by atoms with Crippen LogP contribution in [0.2, 0.25) is 0 Å². The SMILES string of the molecule is CC(NC(=O)OC1CCCC1)C(F)(F)F. The molecular weight excluding hydrogens is 211 g/mol. The molecule has 3 nitrogen and oxygen atoms in total. The molecule has 0 aromatic carbocycles.